The van der Waals surface area contributed by atoms with E-state index in [2.05, 4.69) is 35.8 Å². The average molecular weight is 528 g/mol. The number of para-hydroxylation sites is 1. The molecule has 0 radical (unpaired) electrons. The van der Waals surface area contributed by atoms with Gasteiger partial charge in [0.1, 0.15) is 22.8 Å². The Labute approximate surface area is 228 Å². The van der Waals surface area contributed by atoms with E-state index < -0.39 is 5.60 Å². The number of carbonyl (C=O) groups excluding carboxylic acids is 1. The van der Waals surface area contributed by atoms with E-state index >= 15 is 0 Å². The van der Waals surface area contributed by atoms with Crippen molar-refractivity contribution in [3.8, 4) is 22.6 Å². The van der Waals surface area contributed by atoms with Crippen LogP contribution in [0.25, 0.3) is 33.4 Å². The predicted molar refractivity (Wildman–Crippen MR) is 153 cm³/mol. The summed E-state index contributed by atoms with van der Waals surface area (Å²) in [6.45, 7) is 10.2. The Balaban J connectivity index is 1.69. The van der Waals surface area contributed by atoms with Gasteiger partial charge in [-0.2, -0.15) is 0 Å². The van der Waals surface area contributed by atoms with E-state index in [4.69, 9.17) is 14.5 Å². The number of pyridine rings is 1. The minimum Gasteiger partial charge on any atom is -0.496 e. The molecule has 6 nitrogen and oxygen atoms in total. The number of hydrogen-bond donors (Lipinski definition) is 0. The Kier molecular flexibility index (Phi) is 6.93. The zero-order chi connectivity index (χ0) is 27.9. The van der Waals surface area contributed by atoms with Gasteiger partial charge in [0.25, 0.3) is 0 Å². The van der Waals surface area contributed by atoms with E-state index in [0.717, 1.165) is 39.1 Å². The Bertz CT molecular complexity index is 1580. The van der Waals surface area contributed by atoms with Crippen LogP contribution in [0.15, 0.2) is 66.9 Å². The fraction of sp³-hybridized carbons (Fsp3) is 0.312. The standard InChI is InChI=1S/C32H34FN3O3/c1-20-9-7-8-10-27(20)36-28(22-14-16-35(21(2)17-22)31(37)39-32(3,4)5)19-26-24(13-15-34-30(26)36)25-18-23(33)11-12-29(25)38-6/h7-13,15,17-19,21H,14,16H2,1-6H3/t21-/m0/s1. The number of amides is 1. The van der Waals surface area contributed by atoms with Gasteiger partial charge in [0.2, 0.25) is 0 Å². The molecule has 2 aromatic heterocycles. The number of rotatable bonds is 4. The number of halogens is 1. The number of methoxy groups -OCH3 is 1. The Morgan fingerprint density at radius 2 is 1.85 bits per heavy atom. The summed E-state index contributed by atoms with van der Waals surface area (Å²) in [6.07, 6.45) is 4.22. The van der Waals surface area contributed by atoms with E-state index in [1.807, 2.05) is 45.9 Å². The van der Waals surface area contributed by atoms with Gasteiger partial charge < -0.3 is 14.4 Å². The van der Waals surface area contributed by atoms with Crippen LogP contribution in [0.3, 0.4) is 0 Å². The minimum atomic E-state index is -0.557. The van der Waals surface area contributed by atoms with Gasteiger partial charge in [-0.1, -0.05) is 24.3 Å². The molecule has 4 aromatic rings. The highest BCUT2D eigenvalue weighted by Crippen LogP contribution is 2.40. The molecule has 0 bridgehead atoms. The Morgan fingerprint density at radius 3 is 2.54 bits per heavy atom. The molecule has 1 aliphatic rings. The maximum Gasteiger partial charge on any atom is 0.410 e. The third-order valence-corrected chi connectivity index (χ3v) is 7.02. The first-order chi connectivity index (χ1) is 18.6. The fourth-order valence-corrected chi connectivity index (χ4v) is 5.22. The number of aromatic nitrogens is 2. The first-order valence-corrected chi connectivity index (χ1v) is 13.2. The Hall–Kier alpha value is -4.13. The van der Waals surface area contributed by atoms with E-state index in [1.54, 1.807) is 24.3 Å². The molecule has 0 N–H and O–H groups in total. The zero-order valence-corrected chi connectivity index (χ0v) is 23.3. The van der Waals surface area contributed by atoms with Crippen molar-refractivity contribution in [2.75, 3.05) is 13.7 Å². The second kappa shape index (κ2) is 10.2. The lowest BCUT2D eigenvalue weighted by atomic mass is 9.99. The molecule has 202 valence electrons. The summed E-state index contributed by atoms with van der Waals surface area (Å²) in [5.74, 6) is 0.257. The summed E-state index contributed by atoms with van der Waals surface area (Å²) in [4.78, 5) is 19.4. The van der Waals surface area contributed by atoms with Crippen LogP contribution in [0.2, 0.25) is 0 Å². The molecule has 3 heterocycles. The van der Waals surface area contributed by atoms with Gasteiger partial charge in [0.15, 0.2) is 0 Å². The van der Waals surface area contributed by atoms with Gasteiger partial charge in [-0.05, 0) is 94.1 Å². The van der Waals surface area contributed by atoms with Gasteiger partial charge in [0, 0.05) is 23.7 Å². The van der Waals surface area contributed by atoms with Crippen molar-refractivity contribution in [2.24, 2.45) is 0 Å². The summed E-state index contributed by atoms with van der Waals surface area (Å²) in [5.41, 5.74) is 5.94. The van der Waals surface area contributed by atoms with Crippen LogP contribution in [-0.2, 0) is 4.74 Å². The number of benzene rings is 2. The lowest BCUT2D eigenvalue weighted by Gasteiger charge is -2.34. The van der Waals surface area contributed by atoms with Crippen LogP contribution < -0.4 is 4.74 Å². The molecule has 1 aliphatic heterocycles. The second-order valence-corrected chi connectivity index (χ2v) is 10.9. The largest absolute Gasteiger partial charge is 0.496 e. The van der Waals surface area contributed by atoms with Crippen LogP contribution >= 0.6 is 0 Å². The fourth-order valence-electron chi connectivity index (χ4n) is 5.22. The highest BCUT2D eigenvalue weighted by molar-refractivity contribution is 5.98. The van der Waals surface area contributed by atoms with Crippen molar-refractivity contribution in [2.45, 2.75) is 52.7 Å². The van der Waals surface area contributed by atoms with E-state index in [-0.39, 0.29) is 18.0 Å². The quantitative estimate of drug-likeness (QED) is 0.275. The molecular formula is C32H34FN3O3. The smallest absolute Gasteiger partial charge is 0.410 e. The molecule has 0 aliphatic carbocycles. The summed E-state index contributed by atoms with van der Waals surface area (Å²) >= 11 is 0. The summed E-state index contributed by atoms with van der Waals surface area (Å²) < 4.78 is 27.8. The van der Waals surface area contributed by atoms with Crippen LogP contribution in [0, 0.1) is 12.7 Å². The molecule has 2 aromatic carbocycles. The van der Waals surface area contributed by atoms with Gasteiger partial charge >= 0.3 is 6.09 Å². The molecule has 1 amide bonds. The molecule has 0 saturated heterocycles. The summed E-state index contributed by atoms with van der Waals surface area (Å²) in [5, 5.41) is 0.891. The second-order valence-electron chi connectivity index (χ2n) is 10.9. The normalized spacial score (nSPS) is 15.8. The third-order valence-electron chi connectivity index (χ3n) is 7.02. The van der Waals surface area contributed by atoms with E-state index in [1.165, 1.54) is 12.1 Å². The van der Waals surface area contributed by atoms with Crippen molar-refractivity contribution in [3.05, 3.63) is 83.9 Å². The number of carbonyl (C=O) groups is 1. The Morgan fingerprint density at radius 1 is 1.08 bits per heavy atom. The SMILES string of the molecule is COc1ccc(F)cc1-c1ccnc2c1cc(C1=C[C@H](C)N(C(=O)OC(C)(C)C)CC1)n2-c1ccccc1C. The molecule has 5 rings (SSSR count). The van der Waals surface area contributed by atoms with Crippen molar-refractivity contribution in [1.29, 1.82) is 0 Å². The van der Waals surface area contributed by atoms with Crippen LogP contribution in [0.1, 0.15) is 45.4 Å². The number of nitrogens with zero attached hydrogens (tertiary/aromatic N) is 3. The highest BCUT2D eigenvalue weighted by Gasteiger charge is 2.30. The van der Waals surface area contributed by atoms with Crippen molar-refractivity contribution in [3.63, 3.8) is 0 Å². The van der Waals surface area contributed by atoms with Crippen molar-refractivity contribution >= 4 is 22.7 Å². The summed E-state index contributed by atoms with van der Waals surface area (Å²) in [6, 6.07) is 16.6. The number of hydrogen-bond acceptors (Lipinski definition) is 4. The van der Waals surface area contributed by atoms with E-state index in [0.29, 0.717) is 24.3 Å². The third kappa shape index (κ3) is 5.13. The predicted octanol–water partition coefficient (Wildman–Crippen LogP) is 7.56. The van der Waals surface area contributed by atoms with Gasteiger partial charge in [-0.25, -0.2) is 14.2 Å². The van der Waals surface area contributed by atoms with Crippen molar-refractivity contribution in [1.82, 2.24) is 14.5 Å². The van der Waals surface area contributed by atoms with Gasteiger partial charge in [-0.15, -0.1) is 0 Å². The van der Waals surface area contributed by atoms with Gasteiger partial charge in [0.05, 0.1) is 24.5 Å². The first kappa shape index (κ1) is 26.5. The summed E-state index contributed by atoms with van der Waals surface area (Å²) in [7, 11) is 1.59. The van der Waals surface area contributed by atoms with Crippen LogP contribution in [0.4, 0.5) is 9.18 Å². The van der Waals surface area contributed by atoms with E-state index in [9.17, 15) is 9.18 Å². The van der Waals surface area contributed by atoms with Crippen LogP contribution in [-0.4, -0.2) is 45.8 Å². The molecule has 39 heavy (non-hydrogen) atoms. The molecule has 0 saturated carbocycles. The average Bonchev–Trinajstić information content (AvgIpc) is 3.27. The zero-order valence-electron chi connectivity index (χ0n) is 23.3. The van der Waals surface area contributed by atoms with Crippen molar-refractivity contribution < 1.29 is 18.7 Å². The molecule has 0 unspecified atom stereocenters. The number of fused-ring (bicyclic) bond motifs is 1. The monoisotopic (exact) mass is 527 g/mol. The topological polar surface area (TPSA) is 56.6 Å². The molecule has 0 spiro atoms. The maximum atomic E-state index is 14.4. The molecule has 0 fully saturated rings. The first-order valence-electron chi connectivity index (χ1n) is 13.2. The number of aryl methyl sites for hydroxylation is 1. The molecule has 7 heteroatoms. The molecular weight excluding hydrogens is 493 g/mol. The minimum absolute atomic E-state index is 0.150. The molecule has 1 atom stereocenters. The van der Waals surface area contributed by atoms with Crippen LogP contribution in [0.5, 0.6) is 5.75 Å². The highest BCUT2D eigenvalue weighted by atomic mass is 19.1. The lowest BCUT2D eigenvalue weighted by Crippen LogP contribution is -2.43. The number of ether oxygens (including phenoxy) is 2. The van der Waals surface area contributed by atoms with Gasteiger partial charge in [-0.3, -0.25) is 4.57 Å². The maximum absolute atomic E-state index is 14.4. The lowest BCUT2D eigenvalue weighted by molar-refractivity contribution is 0.0209.